The molecule has 2 aliphatic rings. The van der Waals surface area contributed by atoms with Gasteiger partial charge in [-0.15, -0.1) is 0 Å². The minimum Gasteiger partial charge on any atom is -0.343 e. The van der Waals surface area contributed by atoms with Gasteiger partial charge in [0.05, 0.1) is 6.04 Å². The molecule has 0 aliphatic carbocycles. The monoisotopic (exact) mass is 267 g/mol. The van der Waals surface area contributed by atoms with Gasteiger partial charge in [-0.2, -0.15) is 0 Å². The maximum absolute atomic E-state index is 12.4. The van der Waals surface area contributed by atoms with E-state index in [0.717, 1.165) is 45.3 Å². The second kappa shape index (κ2) is 6.37. The van der Waals surface area contributed by atoms with E-state index in [0.29, 0.717) is 0 Å². The highest BCUT2D eigenvalue weighted by molar-refractivity contribution is 5.90. The van der Waals surface area contributed by atoms with Gasteiger partial charge >= 0.3 is 0 Å². The SMILES string of the molecule is CC(C)[C@H](NC(=O)[C@@H]1CCCN1)C(=O)N1CCCC1. The Hall–Kier alpha value is -1.10. The zero-order valence-electron chi connectivity index (χ0n) is 11.9. The van der Waals surface area contributed by atoms with Crippen LogP contribution in [-0.2, 0) is 9.59 Å². The van der Waals surface area contributed by atoms with Gasteiger partial charge in [-0.3, -0.25) is 9.59 Å². The molecule has 5 heteroatoms. The van der Waals surface area contributed by atoms with Crippen LogP contribution in [0, 0.1) is 5.92 Å². The molecule has 0 unspecified atom stereocenters. The largest absolute Gasteiger partial charge is 0.343 e. The summed E-state index contributed by atoms with van der Waals surface area (Å²) in [5.74, 6) is 0.182. The van der Waals surface area contributed by atoms with E-state index in [-0.39, 0.29) is 29.8 Å². The smallest absolute Gasteiger partial charge is 0.245 e. The number of carbonyl (C=O) groups is 2. The quantitative estimate of drug-likeness (QED) is 0.780. The third-order valence-corrected chi connectivity index (χ3v) is 4.03. The summed E-state index contributed by atoms with van der Waals surface area (Å²) < 4.78 is 0. The van der Waals surface area contributed by atoms with E-state index in [1.807, 2.05) is 18.7 Å². The minimum atomic E-state index is -0.381. The summed E-state index contributed by atoms with van der Waals surface area (Å²) in [6.07, 6.45) is 4.06. The molecule has 2 N–H and O–H groups in total. The van der Waals surface area contributed by atoms with Crippen molar-refractivity contribution in [3.63, 3.8) is 0 Å². The van der Waals surface area contributed by atoms with Crippen molar-refractivity contribution < 1.29 is 9.59 Å². The molecule has 19 heavy (non-hydrogen) atoms. The van der Waals surface area contributed by atoms with Gasteiger partial charge in [0.25, 0.3) is 0 Å². The molecule has 108 valence electrons. The molecule has 0 radical (unpaired) electrons. The molecular formula is C14H25N3O2. The van der Waals surface area contributed by atoms with Gasteiger partial charge in [-0.25, -0.2) is 0 Å². The van der Waals surface area contributed by atoms with Gasteiger partial charge in [0.2, 0.25) is 11.8 Å². The summed E-state index contributed by atoms with van der Waals surface area (Å²) in [6.45, 7) is 6.53. The molecule has 5 nitrogen and oxygen atoms in total. The Bertz CT molecular complexity index is 332. The number of nitrogens with zero attached hydrogens (tertiary/aromatic N) is 1. The van der Waals surface area contributed by atoms with Crippen molar-refractivity contribution >= 4 is 11.8 Å². The Kier molecular flexibility index (Phi) is 4.80. The van der Waals surface area contributed by atoms with Crippen LogP contribution in [0.4, 0.5) is 0 Å². The fourth-order valence-electron chi connectivity index (χ4n) is 2.81. The highest BCUT2D eigenvalue weighted by atomic mass is 16.2. The zero-order valence-corrected chi connectivity index (χ0v) is 11.9. The summed E-state index contributed by atoms with van der Waals surface area (Å²) in [5, 5.41) is 6.11. The van der Waals surface area contributed by atoms with Crippen molar-refractivity contribution in [2.75, 3.05) is 19.6 Å². The molecule has 2 aliphatic heterocycles. The highest BCUT2D eigenvalue weighted by Crippen LogP contribution is 2.14. The first-order valence-corrected chi connectivity index (χ1v) is 7.42. The topological polar surface area (TPSA) is 61.4 Å². The molecule has 2 atom stereocenters. The second-order valence-corrected chi connectivity index (χ2v) is 5.91. The van der Waals surface area contributed by atoms with Gasteiger partial charge in [0.1, 0.15) is 6.04 Å². The van der Waals surface area contributed by atoms with Crippen LogP contribution < -0.4 is 10.6 Å². The average molecular weight is 267 g/mol. The Morgan fingerprint density at radius 2 is 1.89 bits per heavy atom. The Balaban J connectivity index is 1.94. The van der Waals surface area contributed by atoms with Crippen LogP contribution in [0.3, 0.4) is 0 Å². The third kappa shape index (κ3) is 3.47. The van der Waals surface area contributed by atoms with Gasteiger partial charge in [-0.1, -0.05) is 13.8 Å². The lowest BCUT2D eigenvalue weighted by molar-refractivity contribution is -0.137. The fraction of sp³-hybridized carbons (Fsp3) is 0.857. The first-order valence-electron chi connectivity index (χ1n) is 7.42. The fourth-order valence-corrected chi connectivity index (χ4v) is 2.81. The average Bonchev–Trinajstić information content (AvgIpc) is 3.05. The van der Waals surface area contributed by atoms with E-state index in [1.54, 1.807) is 0 Å². The second-order valence-electron chi connectivity index (χ2n) is 5.91. The molecule has 0 aromatic carbocycles. The molecule has 0 aromatic heterocycles. The van der Waals surface area contributed by atoms with Crippen molar-refractivity contribution in [1.82, 2.24) is 15.5 Å². The highest BCUT2D eigenvalue weighted by Gasteiger charge is 2.32. The molecule has 2 amide bonds. The lowest BCUT2D eigenvalue weighted by atomic mass is 10.0. The van der Waals surface area contributed by atoms with Crippen LogP contribution in [0.25, 0.3) is 0 Å². The van der Waals surface area contributed by atoms with Gasteiger partial charge in [0.15, 0.2) is 0 Å². The van der Waals surface area contributed by atoms with Crippen LogP contribution in [-0.4, -0.2) is 48.4 Å². The molecule has 0 saturated carbocycles. The van der Waals surface area contributed by atoms with E-state index >= 15 is 0 Å². The number of carbonyl (C=O) groups excluding carboxylic acids is 2. The molecule has 2 heterocycles. The van der Waals surface area contributed by atoms with Crippen LogP contribution in [0.1, 0.15) is 39.5 Å². The van der Waals surface area contributed by atoms with Crippen molar-refractivity contribution in [2.45, 2.75) is 51.6 Å². The number of hydrogen-bond acceptors (Lipinski definition) is 3. The van der Waals surface area contributed by atoms with E-state index in [2.05, 4.69) is 10.6 Å². The number of nitrogens with one attached hydrogen (secondary N) is 2. The third-order valence-electron chi connectivity index (χ3n) is 4.03. The van der Waals surface area contributed by atoms with E-state index in [1.165, 1.54) is 0 Å². The summed E-state index contributed by atoms with van der Waals surface area (Å²) in [5.41, 5.74) is 0. The van der Waals surface area contributed by atoms with Crippen LogP contribution in [0.2, 0.25) is 0 Å². The minimum absolute atomic E-state index is 0.0243. The van der Waals surface area contributed by atoms with E-state index in [9.17, 15) is 9.59 Å². The standard InChI is InChI=1S/C14H25N3O2/c1-10(2)12(14(19)17-8-3-4-9-17)16-13(18)11-6-5-7-15-11/h10-12,15H,3-9H2,1-2H3,(H,16,18)/t11-,12-/m0/s1. The molecule has 2 saturated heterocycles. The van der Waals surface area contributed by atoms with Crippen LogP contribution >= 0.6 is 0 Å². The predicted molar refractivity (Wildman–Crippen MR) is 73.6 cm³/mol. The lowest BCUT2D eigenvalue weighted by Crippen LogP contribution is -2.54. The number of likely N-dealkylation sites (tertiary alicyclic amines) is 1. The number of amides is 2. The Labute approximate surface area is 115 Å². The van der Waals surface area contributed by atoms with Gasteiger partial charge < -0.3 is 15.5 Å². The Morgan fingerprint density at radius 3 is 2.42 bits per heavy atom. The predicted octanol–water partition coefficient (Wildman–Crippen LogP) is 0.502. The van der Waals surface area contributed by atoms with Gasteiger partial charge in [-0.05, 0) is 38.1 Å². The molecular weight excluding hydrogens is 242 g/mol. The first kappa shape index (κ1) is 14.3. The molecule has 0 spiro atoms. The van der Waals surface area contributed by atoms with E-state index in [4.69, 9.17) is 0 Å². The molecule has 2 fully saturated rings. The van der Waals surface area contributed by atoms with Crippen molar-refractivity contribution in [1.29, 1.82) is 0 Å². The molecule has 2 rings (SSSR count). The van der Waals surface area contributed by atoms with Crippen molar-refractivity contribution in [3.8, 4) is 0 Å². The lowest BCUT2D eigenvalue weighted by Gasteiger charge is -2.27. The van der Waals surface area contributed by atoms with Crippen molar-refractivity contribution in [3.05, 3.63) is 0 Å². The summed E-state index contributed by atoms with van der Waals surface area (Å²) in [7, 11) is 0. The first-order chi connectivity index (χ1) is 9.09. The normalized spacial score (nSPS) is 24.8. The maximum Gasteiger partial charge on any atom is 0.245 e. The summed E-state index contributed by atoms with van der Waals surface area (Å²) in [6, 6.07) is -0.499. The summed E-state index contributed by atoms with van der Waals surface area (Å²) in [4.78, 5) is 26.4. The zero-order chi connectivity index (χ0) is 13.8. The van der Waals surface area contributed by atoms with Crippen LogP contribution in [0.5, 0.6) is 0 Å². The van der Waals surface area contributed by atoms with E-state index < -0.39 is 0 Å². The molecule has 0 bridgehead atoms. The Morgan fingerprint density at radius 1 is 1.21 bits per heavy atom. The van der Waals surface area contributed by atoms with Gasteiger partial charge in [0, 0.05) is 13.1 Å². The number of rotatable bonds is 4. The maximum atomic E-state index is 12.4. The summed E-state index contributed by atoms with van der Waals surface area (Å²) >= 11 is 0. The van der Waals surface area contributed by atoms with Crippen molar-refractivity contribution in [2.24, 2.45) is 5.92 Å². The molecule has 0 aromatic rings. The number of hydrogen-bond donors (Lipinski definition) is 2. The van der Waals surface area contributed by atoms with Crippen LogP contribution in [0.15, 0.2) is 0 Å².